The third kappa shape index (κ3) is 3.74. The van der Waals surface area contributed by atoms with E-state index < -0.39 is 0 Å². The Bertz CT molecular complexity index is 927. The third-order valence-electron chi connectivity index (χ3n) is 4.52. The minimum Gasteiger partial charge on any atom is -0.497 e. The summed E-state index contributed by atoms with van der Waals surface area (Å²) in [7, 11) is 1.56. The highest BCUT2D eigenvalue weighted by atomic mass is 16.5. The number of ether oxygens (including phenoxy) is 1. The van der Waals surface area contributed by atoms with Gasteiger partial charge in [-0.05, 0) is 30.7 Å². The van der Waals surface area contributed by atoms with Crippen LogP contribution in [0.25, 0.3) is 11.4 Å². The van der Waals surface area contributed by atoms with Crippen LogP contribution in [0.1, 0.15) is 16.9 Å². The number of hydrogen-bond acceptors (Lipinski definition) is 6. The molecule has 27 heavy (non-hydrogen) atoms. The van der Waals surface area contributed by atoms with Crippen molar-refractivity contribution in [3.05, 3.63) is 54.6 Å². The largest absolute Gasteiger partial charge is 0.497 e. The van der Waals surface area contributed by atoms with Gasteiger partial charge < -0.3 is 19.9 Å². The molecule has 0 aliphatic carbocycles. The van der Waals surface area contributed by atoms with Crippen molar-refractivity contribution in [3.63, 3.8) is 0 Å². The molecule has 3 aromatic rings. The van der Waals surface area contributed by atoms with Crippen LogP contribution < -0.4 is 15.0 Å². The molecule has 1 saturated heterocycles. The number of H-pyrrole nitrogens is 1. The average Bonchev–Trinajstić information content (AvgIpc) is 3.40. The first-order valence-corrected chi connectivity index (χ1v) is 8.75. The number of aromatic nitrogens is 4. The number of aromatic amines is 1. The van der Waals surface area contributed by atoms with E-state index in [1.165, 1.54) is 0 Å². The summed E-state index contributed by atoms with van der Waals surface area (Å²) in [6.45, 7) is 1.44. The number of nitrogens with one attached hydrogen (secondary N) is 2. The molecule has 138 valence electrons. The van der Waals surface area contributed by atoms with Gasteiger partial charge in [-0.3, -0.25) is 9.78 Å². The number of methoxy groups -OCH3 is 1. The fourth-order valence-electron chi connectivity index (χ4n) is 3.12. The van der Waals surface area contributed by atoms with Crippen LogP contribution in [0.4, 0.5) is 5.95 Å². The predicted octanol–water partition coefficient (Wildman–Crippen LogP) is 1.88. The summed E-state index contributed by atoms with van der Waals surface area (Å²) in [5.41, 5.74) is 2.14. The van der Waals surface area contributed by atoms with Crippen molar-refractivity contribution >= 4 is 11.9 Å². The van der Waals surface area contributed by atoms with Crippen molar-refractivity contribution in [1.29, 1.82) is 0 Å². The number of carbonyl (C=O) groups excluding carboxylic acids is 1. The molecule has 1 amide bonds. The molecule has 1 atom stereocenters. The Morgan fingerprint density at radius 2 is 2.19 bits per heavy atom. The van der Waals surface area contributed by atoms with Crippen LogP contribution in [0.3, 0.4) is 0 Å². The van der Waals surface area contributed by atoms with Gasteiger partial charge in [-0.25, -0.2) is 9.97 Å². The fourth-order valence-corrected chi connectivity index (χ4v) is 3.12. The highest BCUT2D eigenvalue weighted by Gasteiger charge is 2.26. The lowest BCUT2D eigenvalue weighted by molar-refractivity contribution is 0.0935. The first-order chi connectivity index (χ1) is 13.2. The Morgan fingerprint density at radius 3 is 3.00 bits per heavy atom. The molecule has 0 spiro atoms. The summed E-state index contributed by atoms with van der Waals surface area (Å²) in [6, 6.07) is 9.14. The van der Waals surface area contributed by atoms with Crippen LogP contribution in [-0.2, 0) is 0 Å². The second-order valence-corrected chi connectivity index (χ2v) is 6.31. The summed E-state index contributed by atoms with van der Waals surface area (Å²) in [5.74, 6) is 1.07. The number of nitrogens with zero attached hydrogens (tertiary/aromatic N) is 4. The molecule has 0 saturated carbocycles. The van der Waals surface area contributed by atoms with Crippen LogP contribution in [0.5, 0.6) is 5.75 Å². The molecule has 4 rings (SSSR count). The van der Waals surface area contributed by atoms with Crippen molar-refractivity contribution in [2.24, 2.45) is 0 Å². The molecule has 1 aliphatic rings. The number of hydrogen-bond donors (Lipinski definition) is 2. The zero-order valence-electron chi connectivity index (χ0n) is 14.9. The van der Waals surface area contributed by atoms with Gasteiger partial charge in [0, 0.05) is 43.8 Å². The van der Waals surface area contributed by atoms with Crippen LogP contribution >= 0.6 is 0 Å². The van der Waals surface area contributed by atoms with Gasteiger partial charge in [0.1, 0.15) is 11.4 Å². The molecule has 1 aliphatic heterocycles. The minimum atomic E-state index is -0.207. The van der Waals surface area contributed by atoms with Crippen LogP contribution in [0.15, 0.2) is 48.9 Å². The maximum absolute atomic E-state index is 12.4. The first kappa shape index (κ1) is 17.0. The van der Waals surface area contributed by atoms with E-state index in [2.05, 4.69) is 30.2 Å². The van der Waals surface area contributed by atoms with Crippen molar-refractivity contribution in [2.45, 2.75) is 12.5 Å². The van der Waals surface area contributed by atoms with Crippen LogP contribution in [0, 0.1) is 0 Å². The number of pyridine rings is 1. The van der Waals surface area contributed by atoms with Gasteiger partial charge in [0.25, 0.3) is 5.91 Å². The van der Waals surface area contributed by atoms with Crippen molar-refractivity contribution in [1.82, 2.24) is 25.3 Å². The van der Waals surface area contributed by atoms with Gasteiger partial charge in [-0.15, -0.1) is 0 Å². The van der Waals surface area contributed by atoms with E-state index in [0.29, 0.717) is 23.9 Å². The SMILES string of the molecule is COc1ccnc(C(=O)NC2CCN(c3nccc(-c4ccc[nH]4)n3)C2)c1. The van der Waals surface area contributed by atoms with Gasteiger partial charge in [0.15, 0.2) is 0 Å². The lowest BCUT2D eigenvalue weighted by Gasteiger charge is -2.17. The number of rotatable bonds is 5. The van der Waals surface area contributed by atoms with E-state index >= 15 is 0 Å². The molecule has 0 aromatic carbocycles. The highest BCUT2D eigenvalue weighted by molar-refractivity contribution is 5.92. The lowest BCUT2D eigenvalue weighted by Crippen LogP contribution is -2.37. The Hall–Kier alpha value is -3.42. The Labute approximate surface area is 156 Å². The summed E-state index contributed by atoms with van der Waals surface area (Å²) in [5, 5.41) is 3.03. The van der Waals surface area contributed by atoms with Crippen LogP contribution in [0.2, 0.25) is 0 Å². The minimum absolute atomic E-state index is 0.0169. The molecular weight excluding hydrogens is 344 g/mol. The van der Waals surface area contributed by atoms with Gasteiger partial charge in [-0.2, -0.15) is 0 Å². The van der Waals surface area contributed by atoms with E-state index in [-0.39, 0.29) is 11.9 Å². The lowest BCUT2D eigenvalue weighted by atomic mass is 10.2. The molecule has 1 fully saturated rings. The summed E-state index contributed by atoms with van der Waals surface area (Å²) in [6.07, 6.45) is 6.01. The maximum Gasteiger partial charge on any atom is 0.270 e. The van der Waals surface area contributed by atoms with E-state index in [9.17, 15) is 4.79 Å². The third-order valence-corrected chi connectivity index (χ3v) is 4.52. The second-order valence-electron chi connectivity index (χ2n) is 6.31. The predicted molar refractivity (Wildman–Crippen MR) is 101 cm³/mol. The standard InChI is InChI=1S/C19H20N6O2/c1-27-14-4-8-21-17(11-14)18(26)23-13-6-10-25(12-13)19-22-9-5-16(24-19)15-3-2-7-20-15/h2-5,7-9,11,13,20H,6,10,12H2,1H3,(H,23,26). The molecule has 8 heteroatoms. The quantitative estimate of drug-likeness (QED) is 0.718. The molecule has 8 nitrogen and oxygen atoms in total. The van der Waals surface area contributed by atoms with Gasteiger partial charge >= 0.3 is 0 Å². The van der Waals surface area contributed by atoms with Gasteiger partial charge in [-0.1, -0.05) is 0 Å². The fraction of sp³-hybridized carbons (Fsp3) is 0.263. The number of amides is 1. The normalized spacial score (nSPS) is 16.3. The zero-order valence-corrected chi connectivity index (χ0v) is 14.9. The van der Waals surface area contributed by atoms with Crippen molar-refractivity contribution in [2.75, 3.05) is 25.1 Å². The second kappa shape index (κ2) is 7.45. The van der Waals surface area contributed by atoms with E-state index in [4.69, 9.17) is 4.74 Å². The monoisotopic (exact) mass is 364 g/mol. The highest BCUT2D eigenvalue weighted by Crippen LogP contribution is 2.20. The molecule has 4 heterocycles. The maximum atomic E-state index is 12.4. The smallest absolute Gasteiger partial charge is 0.270 e. The molecule has 0 bridgehead atoms. The number of anilines is 1. The van der Waals surface area contributed by atoms with Crippen LogP contribution in [-0.4, -0.2) is 52.1 Å². The van der Waals surface area contributed by atoms with E-state index in [0.717, 1.165) is 24.4 Å². The molecule has 0 radical (unpaired) electrons. The molecular formula is C19H20N6O2. The van der Waals surface area contributed by atoms with Crippen molar-refractivity contribution in [3.8, 4) is 17.1 Å². The summed E-state index contributed by atoms with van der Waals surface area (Å²) in [4.78, 5) is 30.8. The summed E-state index contributed by atoms with van der Waals surface area (Å²) >= 11 is 0. The number of carbonyl (C=O) groups is 1. The Balaban J connectivity index is 1.41. The molecule has 3 aromatic heterocycles. The van der Waals surface area contributed by atoms with Gasteiger partial charge in [0.05, 0.1) is 18.5 Å². The average molecular weight is 364 g/mol. The summed E-state index contributed by atoms with van der Waals surface area (Å²) < 4.78 is 5.14. The zero-order chi connectivity index (χ0) is 18.6. The van der Waals surface area contributed by atoms with Crippen molar-refractivity contribution < 1.29 is 9.53 Å². The first-order valence-electron chi connectivity index (χ1n) is 8.75. The topological polar surface area (TPSA) is 96.0 Å². The molecule has 2 N–H and O–H groups in total. The van der Waals surface area contributed by atoms with E-state index in [1.807, 2.05) is 24.4 Å². The Morgan fingerprint density at radius 1 is 1.30 bits per heavy atom. The van der Waals surface area contributed by atoms with E-state index in [1.54, 1.807) is 31.6 Å². The van der Waals surface area contributed by atoms with Gasteiger partial charge in [0.2, 0.25) is 5.95 Å². The Kier molecular flexibility index (Phi) is 4.69. The molecule has 1 unspecified atom stereocenters.